The molecule has 2 saturated heterocycles. The summed E-state index contributed by atoms with van der Waals surface area (Å²) < 4.78 is 37.1. The summed E-state index contributed by atoms with van der Waals surface area (Å²) in [5, 5.41) is 7.12. The van der Waals surface area contributed by atoms with Gasteiger partial charge in [0.25, 0.3) is 0 Å². The van der Waals surface area contributed by atoms with E-state index in [1.807, 2.05) is 4.90 Å². The quantitative estimate of drug-likeness (QED) is 0.763. The maximum Gasteiger partial charge on any atom is 0.490 e. The fourth-order valence-corrected chi connectivity index (χ4v) is 4.88. The van der Waals surface area contributed by atoms with Gasteiger partial charge in [-0.3, -0.25) is 4.79 Å². The molecule has 9 heteroatoms. The Kier molecular flexibility index (Phi) is 7.26. The number of likely N-dealkylation sites (tertiary alicyclic amines) is 1. The molecule has 2 heterocycles. The van der Waals surface area contributed by atoms with Crippen LogP contribution in [0.25, 0.3) is 0 Å². The van der Waals surface area contributed by atoms with Crippen molar-refractivity contribution in [2.75, 3.05) is 46.4 Å². The van der Waals surface area contributed by atoms with Crippen LogP contribution in [0.3, 0.4) is 0 Å². The number of ether oxygens (including phenoxy) is 1. The van der Waals surface area contributed by atoms with E-state index in [0.717, 1.165) is 19.5 Å². The van der Waals surface area contributed by atoms with Crippen molar-refractivity contribution < 1.29 is 32.6 Å². The van der Waals surface area contributed by atoms with Crippen molar-refractivity contribution in [2.45, 2.75) is 43.2 Å². The molecule has 0 saturated carbocycles. The molecule has 0 bridgehead atoms. The first-order valence-corrected chi connectivity index (χ1v) is 10.6. The summed E-state index contributed by atoms with van der Waals surface area (Å²) >= 11 is 0. The van der Waals surface area contributed by atoms with Crippen LogP contribution in [-0.4, -0.2) is 79.4 Å². The number of alkyl halides is 3. The molecule has 172 valence electrons. The number of carbonyl (C=O) groups excluding carboxylic acids is 1. The molecule has 1 atom stereocenters. The van der Waals surface area contributed by atoms with Gasteiger partial charge in [-0.05, 0) is 61.9 Å². The number of fused-ring (bicyclic) bond motifs is 2. The van der Waals surface area contributed by atoms with E-state index in [0.29, 0.717) is 36.9 Å². The van der Waals surface area contributed by atoms with Crippen molar-refractivity contribution in [2.24, 2.45) is 0 Å². The number of amides is 1. The molecule has 2 fully saturated rings. The number of morpholine rings is 1. The molecule has 6 nitrogen and oxygen atoms in total. The van der Waals surface area contributed by atoms with Crippen molar-refractivity contribution in [3.63, 3.8) is 0 Å². The molecule has 1 aliphatic carbocycles. The number of aliphatic carboxylic acids is 1. The molecule has 3 aliphatic rings. The number of benzene rings is 1. The molecule has 1 aromatic carbocycles. The second-order valence-corrected chi connectivity index (χ2v) is 8.57. The van der Waals surface area contributed by atoms with Gasteiger partial charge in [0.2, 0.25) is 5.91 Å². The van der Waals surface area contributed by atoms with E-state index in [4.69, 9.17) is 14.6 Å². The minimum atomic E-state index is -5.08. The van der Waals surface area contributed by atoms with Crippen molar-refractivity contribution in [3.8, 4) is 0 Å². The third-order valence-corrected chi connectivity index (χ3v) is 6.58. The lowest BCUT2D eigenvalue weighted by Gasteiger charge is -2.39. The molecule has 1 amide bonds. The van der Waals surface area contributed by atoms with Crippen LogP contribution in [0.15, 0.2) is 24.3 Å². The monoisotopic (exact) mass is 442 g/mol. The van der Waals surface area contributed by atoms with Crippen molar-refractivity contribution in [1.29, 1.82) is 0 Å². The Hall–Kier alpha value is -2.13. The molecule has 0 aromatic heterocycles. The lowest BCUT2D eigenvalue weighted by molar-refractivity contribution is -0.192. The molecule has 2 aliphatic heterocycles. The van der Waals surface area contributed by atoms with Gasteiger partial charge in [0.15, 0.2) is 0 Å². The Morgan fingerprint density at radius 2 is 1.71 bits per heavy atom. The van der Waals surface area contributed by atoms with E-state index < -0.39 is 12.1 Å². The smallest absolute Gasteiger partial charge is 0.475 e. The maximum absolute atomic E-state index is 12.7. The number of hydrogen-bond donors (Lipinski definition) is 1. The van der Waals surface area contributed by atoms with Crippen molar-refractivity contribution in [3.05, 3.63) is 35.4 Å². The number of halogens is 3. The van der Waals surface area contributed by atoms with Crippen LogP contribution in [0, 0.1) is 0 Å². The molecular formula is C22H29F3N2O4. The molecule has 31 heavy (non-hydrogen) atoms. The van der Waals surface area contributed by atoms with Gasteiger partial charge in [0, 0.05) is 19.5 Å². The lowest BCUT2D eigenvalue weighted by Crippen LogP contribution is -2.41. The number of carbonyl (C=O) groups is 2. The zero-order chi connectivity index (χ0) is 22.6. The van der Waals surface area contributed by atoms with E-state index in [2.05, 4.69) is 36.2 Å². The minimum Gasteiger partial charge on any atom is -0.475 e. The summed E-state index contributed by atoms with van der Waals surface area (Å²) in [5.74, 6) is -2.06. The third kappa shape index (κ3) is 5.57. The first-order chi connectivity index (χ1) is 14.6. The maximum atomic E-state index is 12.7. The van der Waals surface area contributed by atoms with Crippen LogP contribution in [0.5, 0.6) is 0 Å². The van der Waals surface area contributed by atoms with Crippen LogP contribution >= 0.6 is 0 Å². The van der Waals surface area contributed by atoms with Gasteiger partial charge in [0.05, 0.1) is 13.2 Å². The summed E-state index contributed by atoms with van der Waals surface area (Å²) in [5.41, 5.74) is 3.26. The Balaban J connectivity index is 0.000000339. The second-order valence-electron chi connectivity index (χ2n) is 8.57. The van der Waals surface area contributed by atoms with Gasteiger partial charge in [-0.15, -0.1) is 0 Å². The fourth-order valence-electron chi connectivity index (χ4n) is 4.88. The molecule has 1 spiro atoms. The fraction of sp³-hybridized carbons (Fsp3) is 0.636. The van der Waals surface area contributed by atoms with Crippen molar-refractivity contribution in [1.82, 2.24) is 9.80 Å². The van der Waals surface area contributed by atoms with Crippen LogP contribution < -0.4 is 0 Å². The standard InChI is InChI=1S/C20H28N2O2.C2HF3O2/c1-21-8-6-20(7-9-21)15-16(17-4-2-3-5-18(17)20)14-19(23)22-10-12-24-13-11-22;3-2(4,5)1(6)7/h2-5,16H,6-15H2,1H3;(H,6,7). The number of nitrogens with zero attached hydrogens (tertiary/aromatic N) is 2. The van der Waals surface area contributed by atoms with Crippen molar-refractivity contribution >= 4 is 11.9 Å². The highest BCUT2D eigenvalue weighted by atomic mass is 19.4. The van der Waals surface area contributed by atoms with E-state index in [1.165, 1.54) is 37.1 Å². The highest BCUT2D eigenvalue weighted by Gasteiger charge is 2.45. The minimum absolute atomic E-state index is 0.305. The van der Waals surface area contributed by atoms with Gasteiger partial charge >= 0.3 is 12.1 Å². The number of piperidine rings is 1. The number of rotatable bonds is 2. The van der Waals surface area contributed by atoms with Crippen LogP contribution in [-0.2, 0) is 19.7 Å². The first kappa shape index (κ1) is 23.5. The summed E-state index contributed by atoms with van der Waals surface area (Å²) in [4.78, 5) is 26.1. The van der Waals surface area contributed by atoms with E-state index in [1.54, 1.807) is 0 Å². The number of carboxylic acid groups (broad SMARTS) is 1. The van der Waals surface area contributed by atoms with Crippen LogP contribution in [0.2, 0.25) is 0 Å². The van der Waals surface area contributed by atoms with Gasteiger partial charge in [-0.2, -0.15) is 13.2 Å². The highest BCUT2D eigenvalue weighted by Crippen LogP contribution is 2.52. The molecule has 0 radical (unpaired) electrons. The predicted molar refractivity (Wildman–Crippen MR) is 108 cm³/mol. The van der Waals surface area contributed by atoms with E-state index in [9.17, 15) is 18.0 Å². The summed E-state index contributed by atoms with van der Waals surface area (Å²) in [6.45, 7) is 5.20. The Bertz CT molecular complexity index is 785. The van der Waals surface area contributed by atoms with Gasteiger partial charge < -0.3 is 19.6 Å². The SMILES string of the molecule is CN1CCC2(CC1)CC(CC(=O)N1CCOCC1)c1ccccc12.O=C(O)C(F)(F)F. The molecule has 1 N–H and O–H groups in total. The van der Waals surface area contributed by atoms with Crippen LogP contribution in [0.1, 0.15) is 42.7 Å². The topological polar surface area (TPSA) is 70.1 Å². The van der Waals surface area contributed by atoms with E-state index >= 15 is 0 Å². The van der Waals surface area contributed by atoms with Gasteiger partial charge in [-0.1, -0.05) is 24.3 Å². The summed E-state index contributed by atoms with van der Waals surface area (Å²) in [6, 6.07) is 8.89. The summed E-state index contributed by atoms with van der Waals surface area (Å²) in [7, 11) is 2.22. The Labute approximate surface area is 180 Å². The van der Waals surface area contributed by atoms with Gasteiger partial charge in [0.1, 0.15) is 0 Å². The molecule has 4 rings (SSSR count). The Morgan fingerprint density at radius 1 is 1.13 bits per heavy atom. The Morgan fingerprint density at radius 3 is 2.29 bits per heavy atom. The third-order valence-electron chi connectivity index (χ3n) is 6.58. The predicted octanol–water partition coefficient (Wildman–Crippen LogP) is 3.02. The first-order valence-electron chi connectivity index (χ1n) is 10.6. The lowest BCUT2D eigenvalue weighted by atomic mass is 9.73. The van der Waals surface area contributed by atoms with Gasteiger partial charge in [-0.25, -0.2) is 4.79 Å². The number of carboxylic acids is 1. The molecule has 1 aromatic rings. The highest BCUT2D eigenvalue weighted by molar-refractivity contribution is 5.77. The molecule has 1 unspecified atom stereocenters. The zero-order valence-corrected chi connectivity index (χ0v) is 17.7. The largest absolute Gasteiger partial charge is 0.490 e. The average Bonchev–Trinajstić information content (AvgIpc) is 3.04. The average molecular weight is 442 g/mol. The molecular weight excluding hydrogens is 413 g/mol. The van der Waals surface area contributed by atoms with Crippen LogP contribution in [0.4, 0.5) is 13.2 Å². The second kappa shape index (κ2) is 9.56. The normalized spacial score (nSPS) is 23.1. The zero-order valence-electron chi connectivity index (χ0n) is 17.7. The summed E-state index contributed by atoms with van der Waals surface area (Å²) in [6.07, 6.45) is -0.823. The number of hydrogen-bond acceptors (Lipinski definition) is 4. The van der Waals surface area contributed by atoms with E-state index in [-0.39, 0.29) is 0 Å².